The highest BCUT2D eigenvalue weighted by molar-refractivity contribution is 7.80. The summed E-state index contributed by atoms with van der Waals surface area (Å²) in [6, 6.07) is 5.02. The van der Waals surface area contributed by atoms with Crippen molar-refractivity contribution in [3.63, 3.8) is 0 Å². The van der Waals surface area contributed by atoms with Gasteiger partial charge in [0.1, 0.15) is 0 Å². The zero-order valence-corrected chi connectivity index (χ0v) is 12.4. The van der Waals surface area contributed by atoms with E-state index in [-0.39, 0.29) is 16.8 Å². The van der Waals surface area contributed by atoms with E-state index in [1.807, 2.05) is 13.8 Å². The number of carbonyl (C=O) groups excluding carboxylic acids is 1. The fraction of sp³-hybridized carbons (Fsp3) is 0.333. The second-order valence-corrected chi connectivity index (χ2v) is 5.47. The van der Waals surface area contributed by atoms with E-state index in [1.54, 1.807) is 18.2 Å². The predicted octanol–water partition coefficient (Wildman–Crippen LogP) is 3.49. The number of nitrogens with one attached hydrogen (secondary N) is 1. The van der Waals surface area contributed by atoms with Crippen LogP contribution in [0.5, 0.6) is 0 Å². The number of anilines is 1. The number of rotatable bonds is 4. The molecule has 0 saturated carbocycles. The Labute approximate surface area is 122 Å². The third-order valence-corrected chi connectivity index (χ3v) is 3.54. The highest BCUT2D eigenvalue weighted by Gasteiger charge is 2.25. The van der Waals surface area contributed by atoms with Crippen LogP contribution in [0, 0.1) is 11.8 Å². The Morgan fingerprint density at radius 1 is 1.39 bits per heavy atom. The van der Waals surface area contributed by atoms with Crippen LogP contribution in [0.4, 0.5) is 5.69 Å². The molecule has 0 aliphatic rings. The highest BCUT2D eigenvalue weighted by atomic mass is 35.5. The summed E-state index contributed by atoms with van der Waals surface area (Å²) in [5.41, 5.74) is 6.03. The molecule has 0 fully saturated rings. The fourth-order valence-corrected chi connectivity index (χ4v) is 2.30. The molecule has 6 heteroatoms. The highest BCUT2D eigenvalue weighted by Crippen LogP contribution is 2.30. The zero-order valence-electron chi connectivity index (χ0n) is 10.0. The molecule has 1 amide bonds. The van der Waals surface area contributed by atoms with Gasteiger partial charge in [-0.25, -0.2) is 0 Å². The predicted molar refractivity (Wildman–Crippen MR) is 80.2 cm³/mol. The number of hydrogen-bond donors (Lipinski definition) is 2. The van der Waals surface area contributed by atoms with E-state index in [0.717, 1.165) is 0 Å². The van der Waals surface area contributed by atoms with Gasteiger partial charge in [0.25, 0.3) is 0 Å². The maximum absolute atomic E-state index is 12.1. The number of benzene rings is 1. The first-order valence-corrected chi connectivity index (χ1v) is 6.55. The van der Waals surface area contributed by atoms with Crippen molar-refractivity contribution < 1.29 is 4.79 Å². The smallest absolute Gasteiger partial charge is 0.234 e. The number of amides is 1. The van der Waals surface area contributed by atoms with Gasteiger partial charge < -0.3 is 11.1 Å². The van der Waals surface area contributed by atoms with Crippen LogP contribution in [0.2, 0.25) is 10.0 Å². The first kappa shape index (κ1) is 15.2. The van der Waals surface area contributed by atoms with E-state index in [1.165, 1.54) is 0 Å². The van der Waals surface area contributed by atoms with Crippen molar-refractivity contribution in [1.29, 1.82) is 0 Å². The third-order valence-electron chi connectivity index (χ3n) is 2.47. The lowest BCUT2D eigenvalue weighted by atomic mass is 9.95. The van der Waals surface area contributed by atoms with E-state index in [4.69, 9.17) is 41.2 Å². The van der Waals surface area contributed by atoms with Crippen molar-refractivity contribution >= 4 is 52.0 Å². The van der Waals surface area contributed by atoms with Crippen molar-refractivity contribution in [3.8, 4) is 0 Å². The molecular weight excluding hydrogens is 291 g/mol. The molecule has 1 rings (SSSR count). The van der Waals surface area contributed by atoms with E-state index in [9.17, 15) is 4.79 Å². The number of hydrogen-bond acceptors (Lipinski definition) is 2. The number of nitrogens with two attached hydrogens (primary N) is 1. The minimum absolute atomic E-state index is 0.0143. The molecule has 0 saturated heterocycles. The van der Waals surface area contributed by atoms with Crippen LogP contribution in [0.1, 0.15) is 13.8 Å². The SMILES string of the molecule is CC(C)C(C(=O)Nc1cccc(Cl)c1Cl)C(N)=S. The van der Waals surface area contributed by atoms with Crippen molar-refractivity contribution in [3.05, 3.63) is 28.2 Å². The lowest BCUT2D eigenvalue weighted by Crippen LogP contribution is -2.36. The summed E-state index contributed by atoms with van der Waals surface area (Å²) in [5.74, 6) is -0.794. The second kappa shape index (κ2) is 6.36. The Morgan fingerprint density at radius 2 is 2.00 bits per heavy atom. The molecule has 0 radical (unpaired) electrons. The van der Waals surface area contributed by atoms with Crippen molar-refractivity contribution in [2.24, 2.45) is 17.6 Å². The summed E-state index contributed by atoms with van der Waals surface area (Å²) in [6.45, 7) is 3.76. The fourth-order valence-electron chi connectivity index (χ4n) is 1.57. The van der Waals surface area contributed by atoms with Crippen LogP contribution in [-0.2, 0) is 4.79 Å². The monoisotopic (exact) mass is 304 g/mol. The molecule has 98 valence electrons. The molecule has 0 heterocycles. The van der Waals surface area contributed by atoms with Crippen LogP contribution in [0.25, 0.3) is 0 Å². The Hall–Kier alpha value is -0.840. The molecule has 1 aromatic rings. The summed E-state index contributed by atoms with van der Waals surface area (Å²) >= 11 is 16.8. The van der Waals surface area contributed by atoms with Gasteiger partial charge in [0.05, 0.1) is 26.6 Å². The van der Waals surface area contributed by atoms with Gasteiger partial charge in [0, 0.05) is 0 Å². The van der Waals surface area contributed by atoms with Crippen molar-refractivity contribution in [2.75, 3.05) is 5.32 Å². The maximum Gasteiger partial charge on any atom is 0.234 e. The summed E-state index contributed by atoms with van der Waals surface area (Å²) in [6.07, 6.45) is 0. The lowest BCUT2D eigenvalue weighted by Gasteiger charge is -2.19. The Bertz CT molecular complexity index is 477. The average molecular weight is 305 g/mol. The minimum Gasteiger partial charge on any atom is -0.393 e. The molecule has 1 atom stereocenters. The van der Waals surface area contributed by atoms with Gasteiger partial charge in [-0.05, 0) is 18.1 Å². The molecule has 3 nitrogen and oxygen atoms in total. The average Bonchev–Trinajstić information content (AvgIpc) is 2.23. The van der Waals surface area contributed by atoms with E-state index >= 15 is 0 Å². The lowest BCUT2D eigenvalue weighted by molar-refractivity contribution is -0.118. The van der Waals surface area contributed by atoms with Gasteiger partial charge in [-0.2, -0.15) is 0 Å². The molecule has 1 unspecified atom stereocenters. The molecule has 0 aromatic heterocycles. The molecular formula is C12H14Cl2N2OS. The van der Waals surface area contributed by atoms with Gasteiger partial charge >= 0.3 is 0 Å². The normalized spacial score (nSPS) is 12.3. The largest absolute Gasteiger partial charge is 0.393 e. The van der Waals surface area contributed by atoms with Crippen LogP contribution < -0.4 is 11.1 Å². The number of carbonyl (C=O) groups is 1. The number of thiocarbonyl (C=S) groups is 1. The Morgan fingerprint density at radius 3 is 2.50 bits per heavy atom. The Kier molecular flexibility index (Phi) is 5.38. The zero-order chi connectivity index (χ0) is 13.9. The molecule has 0 aliphatic carbocycles. The summed E-state index contributed by atoms with van der Waals surface area (Å²) in [5, 5.41) is 3.38. The topological polar surface area (TPSA) is 55.1 Å². The summed E-state index contributed by atoms with van der Waals surface area (Å²) in [7, 11) is 0. The van der Waals surface area contributed by atoms with E-state index in [0.29, 0.717) is 15.7 Å². The first-order chi connectivity index (χ1) is 8.34. The number of halogens is 2. The van der Waals surface area contributed by atoms with Gasteiger partial charge in [0.15, 0.2) is 0 Å². The quantitative estimate of drug-likeness (QED) is 0.837. The molecule has 1 aromatic carbocycles. The van der Waals surface area contributed by atoms with Crippen LogP contribution in [0.3, 0.4) is 0 Å². The summed E-state index contributed by atoms with van der Waals surface area (Å²) < 4.78 is 0. The van der Waals surface area contributed by atoms with Crippen molar-refractivity contribution in [2.45, 2.75) is 13.8 Å². The van der Waals surface area contributed by atoms with Gasteiger partial charge in [-0.15, -0.1) is 0 Å². The van der Waals surface area contributed by atoms with Crippen LogP contribution in [0.15, 0.2) is 18.2 Å². The molecule has 18 heavy (non-hydrogen) atoms. The van der Waals surface area contributed by atoms with E-state index in [2.05, 4.69) is 5.32 Å². The maximum atomic E-state index is 12.1. The van der Waals surface area contributed by atoms with Crippen LogP contribution in [-0.4, -0.2) is 10.9 Å². The summed E-state index contributed by atoms with van der Waals surface area (Å²) in [4.78, 5) is 12.2. The first-order valence-electron chi connectivity index (χ1n) is 5.38. The molecule has 0 spiro atoms. The minimum atomic E-state index is -0.532. The molecule has 0 aliphatic heterocycles. The van der Waals surface area contributed by atoms with Gasteiger partial charge in [-0.3, -0.25) is 4.79 Å². The van der Waals surface area contributed by atoms with Gasteiger partial charge in [0.2, 0.25) is 5.91 Å². The Balaban J connectivity index is 2.93. The van der Waals surface area contributed by atoms with Gasteiger partial charge in [-0.1, -0.05) is 55.3 Å². The van der Waals surface area contributed by atoms with Crippen LogP contribution >= 0.6 is 35.4 Å². The third kappa shape index (κ3) is 3.57. The molecule has 0 bridgehead atoms. The van der Waals surface area contributed by atoms with E-state index < -0.39 is 5.92 Å². The standard InChI is InChI=1S/C12H14Cl2N2OS/c1-6(2)9(11(15)18)12(17)16-8-5-3-4-7(13)10(8)14/h3-6,9H,1-2H3,(H2,15,18)(H,16,17). The molecule has 3 N–H and O–H groups in total. The second-order valence-electron chi connectivity index (χ2n) is 4.21. The van der Waals surface area contributed by atoms with Crippen molar-refractivity contribution in [1.82, 2.24) is 0 Å².